The molecule has 1 aromatic rings. The van der Waals surface area contributed by atoms with E-state index in [4.69, 9.17) is 5.11 Å². The van der Waals surface area contributed by atoms with Crippen molar-refractivity contribution in [3.8, 4) is 0 Å². The second-order valence-electron chi connectivity index (χ2n) is 3.54. The number of carbonyl (C=O) groups is 2. The number of carbonyl (C=O) groups excluding carboxylic acids is 1. The number of methoxy groups -OCH3 is 1. The Morgan fingerprint density at radius 1 is 1.33 bits per heavy atom. The van der Waals surface area contributed by atoms with E-state index in [0.29, 0.717) is 6.54 Å². The highest BCUT2D eigenvalue weighted by Gasteiger charge is 2.21. The summed E-state index contributed by atoms with van der Waals surface area (Å²) >= 11 is 0. The van der Waals surface area contributed by atoms with Crippen LogP contribution in [0, 0.1) is 0 Å². The summed E-state index contributed by atoms with van der Waals surface area (Å²) in [5.41, 5.74) is 0.979. The fraction of sp³-hybridized carbons (Fsp3) is 0.333. The molecule has 0 heterocycles. The Kier molecular flexibility index (Phi) is 7.74. The van der Waals surface area contributed by atoms with Gasteiger partial charge in [0, 0.05) is 6.54 Å². The minimum absolute atomic E-state index is 0. The highest BCUT2D eigenvalue weighted by molar-refractivity contribution is 5.85. The summed E-state index contributed by atoms with van der Waals surface area (Å²) < 4.78 is 4.54. The Morgan fingerprint density at radius 2 is 1.94 bits per heavy atom. The van der Waals surface area contributed by atoms with E-state index < -0.39 is 18.0 Å². The van der Waals surface area contributed by atoms with E-state index in [1.165, 1.54) is 7.11 Å². The van der Waals surface area contributed by atoms with Crippen molar-refractivity contribution in [2.45, 2.75) is 19.0 Å². The van der Waals surface area contributed by atoms with Crippen LogP contribution in [0.1, 0.15) is 12.0 Å². The molecule has 1 rings (SSSR count). The Labute approximate surface area is 112 Å². The van der Waals surface area contributed by atoms with Crippen molar-refractivity contribution in [3.63, 3.8) is 0 Å². The van der Waals surface area contributed by atoms with Gasteiger partial charge < -0.3 is 9.84 Å². The summed E-state index contributed by atoms with van der Waals surface area (Å²) in [6, 6.07) is 8.60. The third-order valence-corrected chi connectivity index (χ3v) is 2.26. The van der Waals surface area contributed by atoms with Crippen LogP contribution in [0.2, 0.25) is 0 Å². The van der Waals surface area contributed by atoms with Crippen LogP contribution in [0.4, 0.5) is 0 Å². The molecule has 1 atom stereocenters. The fourth-order valence-corrected chi connectivity index (χ4v) is 1.39. The molecule has 18 heavy (non-hydrogen) atoms. The quantitative estimate of drug-likeness (QED) is 0.762. The lowest BCUT2D eigenvalue weighted by Crippen LogP contribution is -2.38. The molecule has 0 amide bonds. The van der Waals surface area contributed by atoms with Gasteiger partial charge in [0.25, 0.3) is 0 Å². The molecule has 1 unspecified atom stereocenters. The first kappa shape index (κ1) is 16.4. The zero-order valence-electron chi connectivity index (χ0n) is 9.96. The molecule has 6 heteroatoms. The van der Waals surface area contributed by atoms with E-state index >= 15 is 0 Å². The number of esters is 1. The lowest BCUT2D eigenvalue weighted by molar-refractivity contribution is -0.148. The predicted octanol–water partition coefficient (Wildman–Crippen LogP) is 1.21. The molecule has 0 spiro atoms. The topological polar surface area (TPSA) is 75.6 Å². The first-order chi connectivity index (χ1) is 8.13. The molecule has 0 radical (unpaired) electrons. The number of hydrogen-bond acceptors (Lipinski definition) is 4. The number of rotatable bonds is 6. The number of carboxylic acids is 1. The highest BCUT2D eigenvalue weighted by Crippen LogP contribution is 2.01. The number of halogens is 1. The smallest absolute Gasteiger partial charge is 0.323 e. The molecular weight excluding hydrogens is 258 g/mol. The molecule has 0 aromatic heterocycles. The average Bonchev–Trinajstić information content (AvgIpc) is 2.34. The van der Waals surface area contributed by atoms with Gasteiger partial charge in [0.1, 0.15) is 6.04 Å². The summed E-state index contributed by atoms with van der Waals surface area (Å²) in [6.45, 7) is 0.424. The van der Waals surface area contributed by atoms with E-state index in [0.717, 1.165) is 5.56 Å². The van der Waals surface area contributed by atoms with Crippen molar-refractivity contribution >= 4 is 24.3 Å². The van der Waals surface area contributed by atoms with Crippen molar-refractivity contribution < 1.29 is 19.4 Å². The fourth-order valence-electron chi connectivity index (χ4n) is 1.39. The molecule has 0 saturated carbocycles. The molecule has 2 N–H and O–H groups in total. The lowest BCUT2D eigenvalue weighted by Gasteiger charge is -2.14. The second kappa shape index (κ2) is 8.49. The van der Waals surface area contributed by atoms with Crippen LogP contribution in [-0.4, -0.2) is 30.2 Å². The van der Waals surface area contributed by atoms with Crippen LogP contribution in [0.25, 0.3) is 0 Å². The van der Waals surface area contributed by atoms with Crippen molar-refractivity contribution in [2.24, 2.45) is 0 Å². The van der Waals surface area contributed by atoms with Crippen LogP contribution < -0.4 is 5.32 Å². The number of benzene rings is 1. The van der Waals surface area contributed by atoms with Crippen molar-refractivity contribution in [1.82, 2.24) is 5.32 Å². The Bertz CT molecular complexity index is 383. The van der Waals surface area contributed by atoms with Gasteiger partial charge in [-0.2, -0.15) is 0 Å². The minimum Gasteiger partial charge on any atom is -0.481 e. The molecule has 0 aliphatic heterocycles. The minimum atomic E-state index is -1.04. The maximum Gasteiger partial charge on any atom is 0.323 e. The predicted molar refractivity (Wildman–Crippen MR) is 68.6 cm³/mol. The SMILES string of the molecule is COC(=O)C(CC(=O)O)NCc1ccccc1.Cl. The van der Waals surface area contributed by atoms with Gasteiger partial charge in [-0.25, -0.2) is 0 Å². The second-order valence-corrected chi connectivity index (χ2v) is 3.54. The van der Waals surface area contributed by atoms with Crippen molar-refractivity contribution in [1.29, 1.82) is 0 Å². The summed E-state index contributed by atoms with van der Waals surface area (Å²) in [4.78, 5) is 21.9. The largest absolute Gasteiger partial charge is 0.481 e. The van der Waals surface area contributed by atoms with Gasteiger partial charge in [-0.05, 0) is 5.56 Å². The van der Waals surface area contributed by atoms with Crippen molar-refractivity contribution in [2.75, 3.05) is 7.11 Å². The maximum atomic E-state index is 11.3. The molecular formula is C12H16ClNO4. The van der Waals surface area contributed by atoms with Crippen LogP contribution in [0.5, 0.6) is 0 Å². The number of carboxylic acid groups (broad SMARTS) is 1. The molecule has 0 saturated heterocycles. The number of ether oxygens (including phenoxy) is 1. The highest BCUT2D eigenvalue weighted by atomic mass is 35.5. The van der Waals surface area contributed by atoms with E-state index in [1.54, 1.807) is 0 Å². The van der Waals surface area contributed by atoms with Gasteiger partial charge in [0.05, 0.1) is 13.5 Å². The summed E-state index contributed by atoms with van der Waals surface area (Å²) in [6.07, 6.45) is -0.292. The third kappa shape index (κ3) is 5.65. The molecule has 1 aromatic carbocycles. The average molecular weight is 274 g/mol. The van der Waals surface area contributed by atoms with Crippen LogP contribution >= 0.6 is 12.4 Å². The number of hydrogen-bond donors (Lipinski definition) is 2. The van der Waals surface area contributed by atoms with Crippen LogP contribution in [0.15, 0.2) is 30.3 Å². The van der Waals surface area contributed by atoms with Crippen molar-refractivity contribution in [3.05, 3.63) is 35.9 Å². The number of aliphatic carboxylic acids is 1. The van der Waals surface area contributed by atoms with Gasteiger partial charge in [0.2, 0.25) is 0 Å². The lowest BCUT2D eigenvalue weighted by atomic mass is 10.1. The molecule has 0 aliphatic carbocycles. The Hall–Kier alpha value is -1.59. The monoisotopic (exact) mass is 273 g/mol. The van der Waals surface area contributed by atoms with Gasteiger partial charge in [0.15, 0.2) is 0 Å². The normalized spacial score (nSPS) is 11.2. The molecule has 0 fully saturated rings. The first-order valence-corrected chi connectivity index (χ1v) is 5.20. The molecule has 100 valence electrons. The zero-order chi connectivity index (χ0) is 12.7. The van der Waals surface area contributed by atoms with Gasteiger partial charge >= 0.3 is 11.9 Å². The van der Waals surface area contributed by atoms with Gasteiger partial charge in [-0.3, -0.25) is 14.9 Å². The van der Waals surface area contributed by atoms with E-state index in [2.05, 4.69) is 10.1 Å². The zero-order valence-corrected chi connectivity index (χ0v) is 10.8. The Balaban J connectivity index is 0.00000289. The maximum absolute atomic E-state index is 11.3. The summed E-state index contributed by atoms with van der Waals surface area (Å²) in [7, 11) is 1.24. The van der Waals surface area contributed by atoms with Crippen LogP contribution in [0.3, 0.4) is 0 Å². The van der Waals surface area contributed by atoms with E-state index in [-0.39, 0.29) is 18.8 Å². The van der Waals surface area contributed by atoms with E-state index in [9.17, 15) is 9.59 Å². The summed E-state index contributed by atoms with van der Waals surface area (Å²) in [5.74, 6) is -1.61. The summed E-state index contributed by atoms with van der Waals surface area (Å²) in [5, 5.41) is 11.5. The van der Waals surface area contributed by atoms with Crippen LogP contribution in [-0.2, 0) is 20.9 Å². The third-order valence-electron chi connectivity index (χ3n) is 2.26. The van der Waals surface area contributed by atoms with Gasteiger partial charge in [-0.1, -0.05) is 30.3 Å². The standard InChI is InChI=1S/C12H15NO4.ClH/c1-17-12(16)10(7-11(14)15)13-8-9-5-3-2-4-6-9;/h2-6,10,13H,7-8H2,1H3,(H,14,15);1H. The Morgan fingerprint density at radius 3 is 2.44 bits per heavy atom. The molecule has 0 bridgehead atoms. The number of nitrogens with one attached hydrogen (secondary N) is 1. The van der Waals surface area contributed by atoms with E-state index in [1.807, 2.05) is 30.3 Å². The first-order valence-electron chi connectivity index (χ1n) is 5.20. The van der Waals surface area contributed by atoms with Gasteiger partial charge in [-0.15, -0.1) is 12.4 Å². The molecule has 5 nitrogen and oxygen atoms in total. The molecule has 0 aliphatic rings.